The molecule has 1 fully saturated rings. The number of nitrogens with one attached hydrogen (secondary N) is 2. The molecule has 2 aromatic rings. The number of nitrogens with zero attached hydrogens (tertiary/aromatic N) is 1. The molecule has 0 aliphatic carbocycles. The third-order valence-electron chi connectivity index (χ3n) is 4.68. The van der Waals surface area contributed by atoms with Crippen LogP contribution in [0.3, 0.4) is 0 Å². The van der Waals surface area contributed by atoms with Crippen molar-refractivity contribution in [3.8, 4) is 0 Å². The summed E-state index contributed by atoms with van der Waals surface area (Å²) >= 11 is 2.00. The van der Waals surface area contributed by atoms with Crippen molar-refractivity contribution in [3.63, 3.8) is 0 Å². The molecule has 1 aromatic heterocycles. The van der Waals surface area contributed by atoms with Crippen molar-refractivity contribution in [1.82, 2.24) is 15.5 Å². The van der Waals surface area contributed by atoms with Crippen molar-refractivity contribution in [2.24, 2.45) is 5.92 Å². The molecule has 0 spiro atoms. The Hall–Kier alpha value is -2.98. The molecule has 4 amide bonds. The number of thiophene rings is 1. The smallest absolute Gasteiger partial charge is 0.293 e. The van der Waals surface area contributed by atoms with E-state index in [2.05, 4.69) is 10.6 Å². The number of carbonyl (C=O) groups excluding carboxylic acids is 4. The monoisotopic (exact) mass is 475 g/mol. The first-order chi connectivity index (χ1) is 15.3. The van der Waals surface area contributed by atoms with Crippen molar-refractivity contribution >= 4 is 52.1 Å². The summed E-state index contributed by atoms with van der Waals surface area (Å²) in [4.78, 5) is 51.3. The van der Waals surface area contributed by atoms with Crippen molar-refractivity contribution < 1.29 is 23.6 Å². The number of benzene rings is 1. The van der Waals surface area contributed by atoms with Crippen molar-refractivity contribution in [2.45, 2.75) is 19.9 Å². The van der Waals surface area contributed by atoms with Crippen LogP contribution in [0.4, 0.5) is 9.18 Å². The van der Waals surface area contributed by atoms with Crippen LogP contribution in [0.2, 0.25) is 0 Å². The molecule has 7 nitrogen and oxygen atoms in total. The molecule has 168 valence electrons. The summed E-state index contributed by atoms with van der Waals surface area (Å²) in [6.45, 7) is 3.61. The second-order valence-electron chi connectivity index (χ2n) is 7.32. The predicted octanol–water partition coefficient (Wildman–Crippen LogP) is 3.49. The van der Waals surface area contributed by atoms with Gasteiger partial charge in [-0.05, 0) is 41.3 Å². The summed E-state index contributed by atoms with van der Waals surface area (Å²) in [7, 11) is 0. The summed E-state index contributed by atoms with van der Waals surface area (Å²) in [6, 6.07) is 8.62. The molecule has 1 atom stereocenters. The minimum absolute atomic E-state index is 0.0297. The Balaban J connectivity index is 1.57. The highest BCUT2D eigenvalue weighted by Crippen LogP contribution is 2.32. The molecule has 1 aliphatic rings. The molecule has 0 radical (unpaired) electrons. The molecule has 1 aliphatic heterocycles. The van der Waals surface area contributed by atoms with Gasteiger partial charge in [-0.25, -0.2) is 4.39 Å². The number of rotatable bonds is 8. The maximum absolute atomic E-state index is 13.8. The van der Waals surface area contributed by atoms with Crippen LogP contribution >= 0.6 is 23.1 Å². The lowest BCUT2D eigenvalue weighted by Crippen LogP contribution is -2.51. The Morgan fingerprint density at radius 1 is 1.16 bits per heavy atom. The molecular formula is C22H22FN3O4S2. The van der Waals surface area contributed by atoms with Gasteiger partial charge < -0.3 is 10.6 Å². The van der Waals surface area contributed by atoms with E-state index in [-0.39, 0.29) is 35.4 Å². The normalized spacial score (nSPS) is 16.0. The number of thioether (sulfide) groups is 1. The van der Waals surface area contributed by atoms with E-state index in [0.717, 1.165) is 16.7 Å². The van der Waals surface area contributed by atoms with Gasteiger partial charge in [0.2, 0.25) is 5.91 Å². The van der Waals surface area contributed by atoms with Crippen LogP contribution in [0.25, 0.3) is 6.08 Å². The number of halogens is 1. The summed E-state index contributed by atoms with van der Waals surface area (Å²) in [5, 5.41) is 6.68. The first-order valence-electron chi connectivity index (χ1n) is 9.90. The lowest BCUT2D eigenvalue weighted by Gasteiger charge is -2.22. The summed E-state index contributed by atoms with van der Waals surface area (Å²) in [5.41, 5.74) is 0.215. The number of hydrogen-bond acceptors (Lipinski definition) is 6. The van der Waals surface area contributed by atoms with Gasteiger partial charge in [-0.2, -0.15) is 0 Å². The number of hydrogen-bond donors (Lipinski definition) is 2. The average molecular weight is 476 g/mol. The van der Waals surface area contributed by atoms with Crippen LogP contribution in [-0.2, 0) is 9.59 Å². The van der Waals surface area contributed by atoms with Crippen LogP contribution in [0, 0.1) is 11.7 Å². The number of amides is 4. The van der Waals surface area contributed by atoms with E-state index in [4.69, 9.17) is 0 Å². The highest BCUT2D eigenvalue weighted by molar-refractivity contribution is 8.18. The van der Waals surface area contributed by atoms with Gasteiger partial charge in [-0.3, -0.25) is 24.1 Å². The van der Waals surface area contributed by atoms with Crippen molar-refractivity contribution in [3.05, 3.63) is 62.9 Å². The van der Waals surface area contributed by atoms with E-state index in [1.54, 1.807) is 23.6 Å². The fourth-order valence-electron chi connectivity index (χ4n) is 2.98. The maximum Gasteiger partial charge on any atom is 0.293 e. The summed E-state index contributed by atoms with van der Waals surface area (Å²) in [5.74, 6) is -1.93. The van der Waals surface area contributed by atoms with Gasteiger partial charge in [-0.1, -0.05) is 38.1 Å². The lowest BCUT2D eigenvalue weighted by atomic mass is 10.0. The van der Waals surface area contributed by atoms with Gasteiger partial charge in [0.25, 0.3) is 17.1 Å². The Morgan fingerprint density at radius 2 is 1.91 bits per heavy atom. The van der Waals surface area contributed by atoms with Gasteiger partial charge in [0, 0.05) is 18.7 Å². The first kappa shape index (κ1) is 23.7. The molecule has 1 unspecified atom stereocenters. The van der Waals surface area contributed by atoms with Crippen LogP contribution in [0.5, 0.6) is 0 Å². The van der Waals surface area contributed by atoms with Crippen molar-refractivity contribution in [1.29, 1.82) is 0 Å². The molecule has 0 saturated carbocycles. The zero-order valence-corrected chi connectivity index (χ0v) is 19.1. The van der Waals surface area contributed by atoms with E-state index in [9.17, 15) is 23.6 Å². The number of imide groups is 1. The molecule has 32 heavy (non-hydrogen) atoms. The molecular weight excluding hydrogens is 453 g/mol. The van der Waals surface area contributed by atoms with E-state index in [0.29, 0.717) is 4.88 Å². The third-order valence-corrected chi connectivity index (χ3v) is 6.46. The molecule has 3 rings (SSSR count). The van der Waals surface area contributed by atoms with Gasteiger partial charge in [0.1, 0.15) is 11.9 Å². The molecule has 0 bridgehead atoms. The SMILES string of the molecule is CC(C)C(NC(=O)c1cccs1)C(=O)NCCN1C(=O)SC(=Cc2ccccc2F)C1=O. The third kappa shape index (κ3) is 5.63. The van der Waals surface area contributed by atoms with Crippen LogP contribution in [-0.4, -0.2) is 47.0 Å². The summed E-state index contributed by atoms with van der Waals surface area (Å²) < 4.78 is 13.8. The Bertz CT molecular complexity index is 1050. The largest absolute Gasteiger partial charge is 0.353 e. The van der Waals surface area contributed by atoms with Crippen LogP contribution < -0.4 is 10.6 Å². The molecule has 10 heteroatoms. The fraction of sp³-hybridized carbons (Fsp3) is 0.273. The standard InChI is InChI=1S/C22H22FN3O4S2/c1-13(2)18(25-19(27)16-8-5-11-31-16)20(28)24-9-10-26-21(29)17(32-22(26)30)12-14-6-3-4-7-15(14)23/h3-8,11-13,18H,9-10H2,1-2H3,(H,24,28)(H,25,27). The Labute approximate surface area is 193 Å². The molecule has 1 saturated heterocycles. The second kappa shape index (κ2) is 10.6. The highest BCUT2D eigenvalue weighted by atomic mass is 32.2. The van der Waals surface area contributed by atoms with E-state index in [1.165, 1.54) is 35.6 Å². The van der Waals surface area contributed by atoms with E-state index < -0.39 is 28.9 Å². The number of carbonyl (C=O) groups is 4. The van der Waals surface area contributed by atoms with Gasteiger partial charge in [0.05, 0.1) is 9.78 Å². The maximum atomic E-state index is 13.8. The molecule has 2 N–H and O–H groups in total. The second-order valence-corrected chi connectivity index (χ2v) is 9.26. The van der Waals surface area contributed by atoms with Crippen LogP contribution in [0.15, 0.2) is 46.7 Å². The van der Waals surface area contributed by atoms with Gasteiger partial charge >= 0.3 is 0 Å². The van der Waals surface area contributed by atoms with Gasteiger partial charge in [0.15, 0.2) is 0 Å². The quantitative estimate of drug-likeness (QED) is 0.570. The molecule has 2 heterocycles. The minimum atomic E-state index is -0.763. The Kier molecular flexibility index (Phi) is 7.81. The fourth-order valence-corrected chi connectivity index (χ4v) is 4.46. The lowest BCUT2D eigenvalue weighted by molar-refractivity contribution is -0.125. The zero-order valence-electron chi connectivity index (χ0n) is 17.5. The average Bonchev–Trinajstić information content (AvgIpc) is 3.38. The first-order valence-corrected chi connectivity index (χ1v) is 11.6. The topological polar surface area (TPSA) is 95.6 Å². The Morgan fingerprint density at radius 3 is 2.56 bits per heavy atom. The van der Waals surface area contributed by atoms with Crippen LogP contribution in [0.1, 0.15) is 29.1 Å². The zero-order chi connectivity index (χ0) is 23.3. The minimum Gasteiger partial charge on any atom is -0.353 e. The summed E-state index contributed by atoms with van der Waals surface area (Å²) in [6.07, 6.45) is 1.34. The molecule has 1 aromatic carbocycles. The van der Waals surface area contributed by atoms with E-state index >= 15 is 0 Å². The predicted molar refractivity (Wildman–Crippen MR) is 122 cm³/mol. The van der Waals surface area contributed by atoms with Gasteiger partial charge in [-0.15, -0.1) is 11.3 Å². The highest BCUT2D eigenvalue weighted by Gasteiger charge is 2.35. The van der Waals surface area contributed by atoms with E-state index in [1.807, 2.05) is 13.8 Å². The van der Waals surface area contributed by atoms with Crippen molar-refractivity contribution in [2.75, 3.05) is 13.1 Å².